The summed E-state index contributed by atoms with van der Waals surface area (Å²) in [6.07, 6.45) is 2.34. The third-order valence-corrected chi connectivity index (χ3v) is 4.87. The van der Waals surface area contributed by atoms with E-state index in [0.717, 1.165) is 33.9 Å². The van der Waals surface area contributed by atoms with Gasteiger partial charge in [0.05, 0.1) is 31.6 Å². The highest BCUT2D eigenvalue weighted by atomic mass is 16.5. The van der Waals surface area contributed by atoms with Crippen LogP contribution in [-0.2, 0) is 11.2 Å². The number of fused-ring (bicyclic) bond motifs is 1. The van der Waals surface area contributed by atoms with E-state index in [2.05, 4.69) is 9.97 Å². The van der Waals surface area contributed by atoms with Crippen LogP contribution in [-0.4, -0.2) is 41.8 Å². The predicted octanol–water partition coefficient (Wildman–Crippen LogP) is 2.35. The number of nitrogens with zero attached hydrogens (tertiary/aromatic N) is 4. The van der Waals surface area contributed by atoms with Crippen LogP contribution < -0.4 is 21.1 Å². The first-order valence-corrected chi connectivity index (χ1v) is 9.47. The van der Waals surface area contributed by atoms with E-state index in [9.17, 15) is 4.79 Å². The molecule has 8 heteroatoms. The third-order valence-electron chi connectivity index (χ3n) is 4.87. The lowest BCUT2D eigenvalue weighted by Crippen LogP contribution is -2.37. The minimum absolute atomic E-state index is 0.0913. The first-order chi connectivity index (χ1) is 14.5. The number of carbonyl (C=O) groups excluding carboxylic acids is 1. The molecule has 0 unspecified atom stereocenters. The van der Waals surface area contributed by atoms with Crippen molar-refractivity contribution in [2.45, 2.75) is 6.42 Å². The monoisotopic (exact) mass is 402 g/mol. The van der Waals surface area contributed by atoms with Crippen LogP contribution in [0.3, 0.4) is 0 Å². The predicted molar refractivity (Wildman–Crippen MR) is 117 cm³/mol. The van der Waals surface area contributed by atoms with Crippen molar-refractivity contribution in [3.8, 4) is 17.0 Å². The molecule has 0 saturated carbocycles. The third kappa shape index (κ3) is 4.22. The molecule has 0 spiro atoms. The second kappa shape index (κ2) is 8.20. The number of carbonyl (C=O) groups is 1. The molecule has 152 valence electrons. The SMILES string of the molecule is COc1cccc(N(CC(N)=O)CC2=Nc3cc(-c4ccnc(N)n4)ccc3C2)c1. The number of primary amides is 1. The second-order valence-corrected chi connectivity index (χ2v) is 7.02. The smallest absolute Gasteiger partial charge is 0.236 e. The lowest BCUT2D eigenvalue weighted by atomic mass is 10.0. The molecule has 0 fully saturated rings. The average molecular weight is 402 g/mol. The van der Waals surface area contributed by atoms with Crippen LogP contribution in [0.15, 0.2) is 59.7 Å². The summed E-state index contributed by atoms with van der Waals surface area (Å²) < 4.78 is 5.30. The van der Waals surface area contributed by atoms with Gasteiger partial charge in [-0.1, -0.05) is 18.2 Å². The first-order valence-electron chi connectivity index (χ1n) is 9.47. The van der Waals surface area contributed by atoms with Gasteiger partial charge in [0.15, 0.2) is 0 Å². The van der Waals surface area contributed by atoms with E-state index in [0.29, 0.717) is 18.7 Å². The Hall–Kier alpha value is -3.94. The van der Waals surface area contributed by atoms with E-state index >= 15 is 0 Å². The molecule has 0 atom stereocenters. The molecule has 0 saturated heterocycles. The van der Waals surface area contributed by atoms with Gasteiger partial charge in [-0.2, -0.15) is 0 Å². The molecular formula is C22H22N6O2. The van der Waals surface area contributed by atoms with Gasteiger partial charge in [0.25, 0.3) is 0 Å². The van der Waals surface area contributed by atoms with Crippen molar-refractivity contribution in [3.05, 3.63) is 60.3 Å². The maximum absolute atomic E-state index is 11.6. The van der Waals surface area contributed by atoms with Crippen molar-refractivity contribution in [2.24, 2.45) is 10.7 Å². The maximum Gasteiger partial charge on any atom is 0.236 e. The minimum Gasteiger partial charge on any atom is -0.497 e. The number of amides is 1. The second-order valence-electron chi connectivity index (χ2n) is 7.02. The summed E-state index contributed by atoms with van der Waals surface area (Å²) in [4.78, 5) is 26.5. The Labute approximate surface area is 174 Å². The van der Waals surface area contributed by atoms with Crippen LogP contribution in [0.2, 0.25) is 0 Å². The number of nitrogen functional groups attached to an aromatic ring is 1. The summed E-state index contributed by atoms with van der Waals surface area (Å²) in [5.41, 5.74) is 16.7. The van der Waals surface area contributed by atoms with Gasteiger partial charge in [-0.3, -0.25) is 9.79 Å². The van der Waals surface area contributed by atoms with Crippen LogP contribution >= 0.6 is 0 Å². The Balaban J connectivity index is 1.58. The van der Waals surface area contributed by atoms with Crippen molar-refractivity contribution < 1.29 is 9.53 Å². The quantitative estimate of drug-likeness (QED) is 0.626. The van der Waals surface area contributed by atoms with Crippen molar-refractivity contribution in [3.63, 3.8) is 0 Å². The van der Waals surface area contributed by atoms with Crippen LogP contribution in [0.5, 0.6) is 5.75 Å². The molecular weight excluding hydrogens is 380 g/mol. The van der Waals surface area contributed by atoms with Crippen LogP contribution in [0.25, 0.3) is 11.3 Å². The normalized spacial score (nSPS) is 12.2. The molecule has 2 heterocycles. The van der Waals surface area contributed by atoms with Gasteiger partial charge in [0, 0.05) is 35.6 Å². The van der Waals surface area contributed by atoms with Gasteiger partial charge >= 0.3 is 0 Å². The number of aromatic nitrogens is 2. The minimum atomic E-state index is -0.405. The summed E-state index contributed by atoms with van der Waals surface area (Å²) in [5, 5.41) is 0. The summed E-state index contributed by atoms with van der Waals surface area (Å²) in [6.45, 7) is 0.578. The summed E-state index contributed by atoms with van der Waals surface area (Å²) in [5.74, 6) is 0.544. The largest absolute Gasteiger partial charge is 0.497 e. The molecule has 2 aromatic carbocycles. The number of nitrogens with two attached hydrogens (primary N) is 2. The van der Waals surface area contributed by atoms with E-state index in [-0.39, 0.29) is 12.5 Å². The fourth-order valence-electron chi connectivity index (χ4n) is 3.49. The molecule has 1 amide bonds. The Bertz CT molecular complexity index is 1130. The van der Waals surface area contributed by atoms with E-state index in [1.165, 1.54) is 0 Å². The van der Waals surface area contributed by atoms with E-state index in [1.807, 2.05) is 53.4 Å². The molecule has 0 radical (unpaired) electrons. The van der Waals surface area contributed by atoms with Gasteiger partial charge in [-0.15, -0.1) is 0 Å². The molecule has 1 aliphatic rings. The Morgan fingerprint density at radius 3 is 2.83 bits per heavy atom. The van der Waals surface area contributed by atoms with Crippen LogP contribution in [0.4, 0.5) is 17.3 Å². The lowest BCUT2D eigenvalue weighted by Gasteiger charge is -2.23. The van der Waals surface area contributed by atoms with Gasteiger partial charge in [0.1, 0.15) is 5.75 Å². The van der Waals surface area contributed by atoms with Crippen molar-refractivity contribution >= 4 is 28.9 Å². The highest BCUT2D eigenvalue weighted by molar-refractivity contribution is 5.98. The molecule has 8 nitrogen and oxygen atoms in total. The number of ether oxygens (including phenoxy) is 1. The van der Waals surface area contributed by atoms with Crippen molar-refractivity contribution in [2.75, 3.05) is 30.8 Å². The Morgan fingerprint density at radius 2 is 2.07 bits per heavy atom. The van der Waals surface area contributed by atoms with Crippen molar-refractivity contribution in [1.29, 1.82) is 0 Å². The zero-order valence-corrected chi connectivity index (χ0v) is 16.6. The van der Waals surface area contributed by atoms with E-state index < -0.39 is 5.91 Å². The number of hydrogen-bond donors (Lipinski definition) is 2. The number of hydrogen-bond acceptors (Lipinski definition) is 7. The standard InChI is InChI=1S/C22H22N6O2/c1-30-18-4-2-3-17(11-18)28(13-21(23)29)12-16-9-14-5-6-15(10-20(14)26-16)19-7-8-25-22(24)27-19/h2-8,10-11H,9,12-13H2,1H3,(H2,23,29)(H2,24,25,27). The maximum atomic E-state index is 11.6. The first kappa shape index (κ1) is 19.4. The number of rotatable bonds is 7. The lowest BCUT2D eigenvalue weighted by molar-refractivity contribution is -0.116. The number of methoxy groups -OCH3 is 1. The highest BCUT2D eigenvalue weighted by Gasteiger charge is 2.20. The van der Waals surface area contributed by atoms with Gasteiger partial charge in [-0.25, -0.2) is 9.97 Å². The zero-order valence-electron chi connectivity index (χ0n) is 16.6. The van der Waals surface area contributed by atoms with Gasteiger partial charge in [-0.05, 0) is 29.8 Å². The molecule has 0 aliphatic carbocycles. The molecule has 4 rings (SSSR count). The number of benzene rings is 2. The van der Waals surface area contributed by atoms with Gasteiger partial charge in [0.2, 0.25) is 11.9 Å². The summed E-state index contributed by atoms with van der Waals surface area (Å²) >= 11 is 0. The summed E-state index contributed by atoms with van der Waals surface area (Å²) in [6, 6.07) is 15.4. The zero-order chi connectivity index (χ0) is 21.1. The van der Waals surface area contributed by atoms with Crippen LogP contribution in [0.1, 0.15) is 5.56 Å². The molecule has 3 aromatic rings. The van der Waals surface area contributed by atoms with E-state index in [1.54, 1.807) is 13.3 Å². The molecule has 1 aromatic heterocycles. The van der Waals surface area contributed by atoms with E-state index in [4.69, 9.17) is 21.2 Å². The average Bonchev–Trinajstić information content (AvgIpc) is 3.14. The summed E-state index contributed by atoms with van der Waals surface area (Å²) in [7, 11) is 1.61. The Morgan fingerprint density at radius 1 is 1.20 bits per heavy atom. The van der Waals surface area contributed by atoms with Gasteiger partial charge < -0.3 is 21.1 Å². The highest BCUT2D eigenvalue weighted by Crippen LogP contribution is 2.32. The molecule has 1 aliphatic heterocycles. The fraction of sp³-hybridized carbons (Fsp3) is 0.182. The molecule has 0 bridgehead atoms. The topological polar surface area (TPSA) is 120 Å². The number of aliphatic imine (C=N–C) groups is 1. The molecule has 4 N–H and O–H groups in total. The van der Waals surface area contributed by atoms with Crippen LogP contribution in [0, 0.1) is 0 Å². The van der Waals surface area contributed by atoms with Crippen molar-refractivity contribution in [1.82, 2.24) is 9.97 Å². The number of anilines is 2. The Kier molecular flexibility index (Phi) is 5.30. The molecule has 30 heavy (non-hydrogen) atoms. The fourth-order valence-corrected chi connectivity index (χ4v) is 3.49.